The maximum atomic E-state index is 11.9. The fraction of sp³-hybridized carbons (Fsp3) is 0. The van der Waals surface area contributed by atoms with Gasteiger partial charge < -0.3 is 4.42 Å². The van der Waals surface area contributed by atoms with Gasteiger partial charge in [-0.2, -0.15) is 0 Å². The summed E-state index contributed by atoms with van der Waals surface area (Å²) in [6, 6.07) is 8.31. The number of carbonyl (C=O) groups excluding carboxylic acids is 1. The van der Waals surface area contributed by atoms with Gasteiger partial charge in [0.15, 0.2) is 10.4 Å². The Labute approximate surface area is 114 Å². The third-order valence-electron chi connectivity index (χ3n) is 1.98. The van der Waals surface area contributed by atoms with Gasteiger partial charge in [-0.15, -0.1) is 0 Å². The van der Waals surface area contributed by atoms with Gasteiger partial charge in [-0.05, 0) is 62.2 Å². The molecule has 1 aromatic carbocycles. The molecule has 0 aliphatic heterocycles. The van der Waals surface area contributed by atoms with Crippen LogP contribution < -0.4 is 0 Å². The molecule has 5 heteroatoms. The molecule has 2 aromatic rings. The van der Waals surface area contributed by atoms with E-state index in [1.165, 1.54) is 0 Å². The summed E-state index contributed by atoms with van der Waals surface area (Å²) in [6.45, 7) is 0. The summed E-state index contributed by atoms with van der Waals surface area (Å²) in [4.78, 5) is 11.9. The summed E-state index contributed by atoms with van der Waals surface area (Å²) in [7, 11) is 0. The smallest absolute Gasteiger partial charge is 0.228 e. The molecule has 82 valence electrons. The molecule has 0 bridgehead atoms. The summed E-state index contributed by atoms with van der Waals surface area (Å²) < 4.78 is 6.46. The van der Waals surface area contributed by atoms with E-state index in [4.69, 9.17) is 16.0 Å². The summed E-state index contributed by atoms with van der Waals surface area (Å²) >= 11 is 12.3. The first kappa shape index (κ1) is 11.9. The van der Waals surface area contributed by atoms with Gasteiger partial charge in [0, 0.05) is 10.0 Å². The molecule has 0 aliphatic carbocycles. The zero-order valence-electron chi connectivity index (χ0n) is 7.84. The number of halogens is 3. The van der Waals surface area contributed by atoms with E-state index < -0.39 is 0 Å². The van der Waals surface area contributed by atoms with Crippen LogP contribution in [0.4, 0.5) is 0 Å². The minimum absolute atomic E-state index is 0.194. The van der Waals surface area contributed by atoms with Crippen LogP contribution in [0.2, 0.25) is 5.02 Å². The predicted octanol–water partition coefficient (Wildman–Crippen LogP) is 4.69. The van der Waals surface area contributed by atoms with Crippen molar-refractivity contribution in [2.45, 2.75) is 0 Å². The number of benzene rings is 1. The third-order valence-corrected chi connectivity index (χ3v) is 3.64. The second kappa shape index (κ2) is 4.73. The number of rotatable bonds is 2. The Morgan fingerprint density at radius 2 is 1.94 bits per heavy atom. The van der Waals surface area contributed by atoms with Crippen molar-refractivity contribution in [3.8, 4) is 0 Å². The van der Waals surface area contributed by atoms with Crippen LogP contribution in [0.15, 0.2) is 43.9 Å². The Balaban J connectivity index is 2.38. The summed E-state index contributed by atoms with van der Waals surface area (Å²) in [5.41, 5.74) is 0.495. The minimum Gasteiger partial charge on any atom is -0.446 e. The maximum absolute atomic E-state index is 11.9. The maximum Gasteiger partial charge on any atom is 0.228 e. The van der Waals surface area contributed by atoms with Crippen LogP contribution in [0.1, 0.15) is 16.1 Å². The molecule has 2 nitrogen and oxygen atoms in total. The molecule has 1 heterocycles. The molecule has 0 amide bonds. The molecule has 0 N–H and O–H groups in total. The van der Waals surface area contributed by atoms with E-state index in [1.807, 2.05) is 0 Å². The molecule has 16 heavy (non-hydrogen) atoms. The van der Waals surface area contributed by atoms with Crippen LogP contribution in [0.3, 0.4) is 0 Å². The van der Waals surface area contributed by atoms with Crippen LogP contribution in [0, 0.1) is 0 Å². The van der Waals surface area contributed by atoms with Crippen molar-refractivity contribution >= 4 is 49.2 Å². The molecule has 0 spiro atoms. The lowest BCUT2D eigenvalue weighted by Gasteiger charge is -2.00. The van der Waals surface area contributed by atoms with E-state index in [2.05, 4.69) is 31.9 Å². The Morgan fingerprint density at radius 3 is 2.50 bits per heavy atom. The van der Waals surface area contributed by atoms with Gasteiger partial charge in [-0.3, -0.25) is 4.79 Å². The summed E-state index contributed by atoms with van der Waals surface area (Å²) in [5.74, 6) is 0.0883. The van der Waals surface area contributed by atoms with Gasteiger partial charge in [-0.1, -0.05) is 11.6 Å². The van der Waals surface area contributed by atoms with Gasteiger partial charge in [0.2, 0.25) is 5.78 Å². The Bertz CT molecular complexity index is 549. The van der Waals surface area contributed by atoms with Crippen molar-refractivity contribution < 1.29 is 9.21 Å². The van der Waals surface area contributed by atoms with Gasteiger partial charge in [0.1, 0.15) is 0 Å². The van der Waals surface area contributed by atoms with Crippen LogP contribution in [-0.2, 0) is 0 Å². The van der Waals surface area contributed by atoms with E-state index in [0.29, 0.717) is 15.3 Å². The van der Waals surface area contributed by atoms with E-state index in [0.717, 1.165) is 4.47 Å². The molecule has 1 aromatic heterocycles. The molecule has 0 atom stereocenters. The Kier molecular flexibility index (Phi) is 3.52. The fourth-order valence-electron chi connectivity index (χ4n) is 1.22. The van der Waals surface area contributed by atoms with E-state index >= 15 is 0 Å². The number of hydrogen-bond donors (Lipinski definition) is 0. The first-order valence-electron chi connectivity index (χ1n) is 4.33. The first-order chi connectivity index (χ1) is 7.58. The van der Waals surface area contributed by atoms with E-state index in [-0.39, 0.29) is 11.5 Å². The third kappa shape index (κ3) is 2.39. The van der Waals surface area contributed by atoms with Crippen LogP contribution >= 0.6 is 43.5 Å². The van der Waals surface area contributed by atoms with Crippen molar-refractivity contribution in [2.24, 2.45) is 0 Å². The highest BCUT2D eigenvalue weighted by molar-refractivity contribution is 9.10. The number of ketones is 1. The van der Waals surface area contributed by atoms with E-state index in [9.17, 15) is 4.79 Å². The van der Waals surface area contributed by atoms with Gasteiger partial charge >= 0.3 is 0 Å². The zero-order valence-corrected chi connectivity index (χ0v) is 11.8. The molecule has 0 unspecified atom stereocenters. The monoisotopic (exact) mass is 362 g/mol. The number of furan rings is 1. The molecule has 0 aliphatic rings. The Morgan fingerprint density at radius 1 is 1.19 bits per heavy atom. The van der Waals surface area contributed by atoms with Gasteiger partial charge in [-0.25, -0.2) is 0 Å². The average Bonchev–Trinajstić information content (AvgIpc) is 2.68. The molecule has 2 rings (SSSR count). The van der Waals surface area contributed by atoms with Crippen LogP contribution in [0.25, 0.3) is 0 Å². The lowest BCUT2D eigenvalue weighted by molar-refractivity contribution is 0.101. The molecule has 0 saturated heterocycles. The summed E-state index contributed by atoms with van der Waals surface area (Å²) in [6.07, 6.45) is 0. The van der Waals surface area contributed by atoms with Crippen LogP contribution in [0.5, 0.6) is 0 Å². The van der Waals surface area contributed by atoms with Gasteiger partial charge in [0.05, 0.1) is 5.02 Å². The normalized spacial score (nSPS) is 10.4. The minimum atomic E-state index is -0.194. The molecule has 0 radical (unpaired) electrons. The predicted molar refractivity (Wildman–Crippen MR) is 69.0 cm³/mol. The largest absolute Gasteiger partial charge is 0.446 e. The topological polar surface area (TPSA) is 30.2 Å². The molecule has 0 saturated carbocycles. The first-order valence-corrected chi connectivity index (χ1v) is 6.29. The van der Waals surface area contributed by atoms with Crippen molar-refractivity contribution in [3.63, 3.8) is 0 Å². The lowest BCUT2D eigenvalue weighted by atomic mass is 10.1. The van der Waals surface area contributed by atoms with Gasteiger partial charge in [0.25, 0.3) is 0 Å². The quantitative estimate of drug-likeness (QED) is 0.724. The van der Waals surface area contributed by atoms with E-state index in [1.54, 1.807) is 30.3 Å². The van der Waals surface area contributed by atoms with Crippen molar-refractivity contribution in [1.82, 2.24) is 0 Å². The van der Waals surface area contributed by atoms with Crippen molar-refractivity contribution in [3.05, 3.63) is 55.8 Å². The molecule has 0 fully saturated rings. The summed E-state index contributed by atoms with van der Waals surface area (Å²) in [5, 5.41) is 0.497. The SMILES string of the molecule is O=C(c1ccc(Br)c(Cl)c1)c1ccc(Br)o1. The van der Waals surface area contributed by atoms with Crippen LogP contribution in [-0.4, -0.2) is 5.78 Å². The standard InChI is InChI=1S/C11H5Br2ClO2/c12-7-2-1-6(5-8(7)14)11(15)9-3-4-10(13)16-9/h1-5H. The molecular weight excluding hydrogens is 359 g/mol. The second-order valence-electron chi connectivity index (χ2n) is 3.06. The zero-order chi connectivity index (χ0) is 11.7. The number of hydrogen-bond acceptors (Lipinski definition) is 2. The lowest BCUT2D eigenvalue weighted by Crippen LogP contribution is -1.99. The highest BCUT2D eigenvalue weighted by Crippen LogP contribution is 2.25. The molecular formula is C11H5Br2ClO2. The fourth-order valence-corrected chi connectivity index (χ4v) is 1.95. The second-order valence-corrected chi connectivity index (χ2v) is 5.10. The van der Waals surface area contributed by atoms with Crippen molar-refractivity contribution in [2.75, 3.05) is 0 Å². The number of carbonyl (C=O) groups is 1. The Hall–Kier alpha value is -0.580. The highest BCUT2D eigenvalue weighted by atomic mass is 79.9. The highest BCUT2D eigenvalue weighted by Gasteiger charge is 2.14. The average molecular weight is 364 g/mol. The van der Waals surface area contributed by atoms with Crippen molar-refractivity contribution in [1.29, 1.82) is 0 Å².